The summed E-state index contributed by atoms with van der Waals surface area (Å²) in [6.45, 7) is 13.0. The number of ketones is 2. The second kappa shape index (κ2) is 47.7. The van der Waals surface area contributed by atoms with E-state index in [2.05, 4.69) is 27.7 Å². The van der Waals surface area contributed by atoms with Crippen molar-refractivity contribution >= 4 is 89.6 Å². The molecule has 450 valence electrons. The molecule has 3 saturated heterocycles. The van der Waals surface area contributed by atoms with Crippen molar-refractivity contribution in [3.05, 3.63) is 25.3 Å². The molecule has 3 aliphatic rings. The molecule has 31 heteroatoms. The molecule has 3 aliphatic heterocycles. The van der Waals surface area contributed by atoms with Crippen LogP contribution in [0, 0.1) is 11.8 Å². The number of halogens is 6. The predicted octanol–water partition coefficient (Wildman–Crippen LogP) is 6.55. The van der Waals surface area contributed by atoms with Crippen molar-refractivity contribution in [1.29, 1.82) is 0 Å². The third-order valence-electron chi connectivity index (χ3n) is 8.94. The summed E-state index contributed by atoms with van der Waals surface area (Å²) < 4.78 is 145. The van der Waals surface area contributed by atoms with Crippen LogP contribution in [0.1, 0.15) is 144 Å². The molecule has 0 saturated carbocycles. The molecule has 3 heterocycles. The average molecular weight is 1280 g/mol. The summed E-state index contributed by atoms with van der Waals surface area (Å²) in [5.41, 5.74) is -11.7. The van der Waals surface area contributed by atoms with Gasteiger partial charge in [-0.05, 0) is 78.1 Å². The van der Waals surface area contributed by atoms with Gasteiger partial charge in [0.2, 0.25) is 0 Å². The van der Waals surface area contributed by atoms with E-state index in [1.807, 2.05) is 0 Å². The first-order valence-electron chi connectivity index (χ1n) is 23.3. The summed E-state index contributed by atoms with van der Waals surface area (Å²) in [7, 11) is -12.3. The number of allylic oxidation sites excluding steroid dienone is 2. The molecule has 3 fully saturated rings. The number of esters is 6. The molecule has 77 heavy (non-hydrogen) atoms. The van der Waals surface area contributed by atoms with E-state index in [0.717, 1.165) is 32.1 Å². The number of carbonyl (C=O) groups is 8. The molecular formula is C46H76F6O22S2Sn. The number of aliphatic hydroxyl groups excluding tert-OH is 2. The Balaban J connectivity index is -0.000000302. The van der Waals surface area contributed by atoms with Crippen LogP contribution >= 0.6 is 0 Å². The normalized spacial score (nSPS) is 15.5. The molecule has 0 aromatic heterocycles. The van der Waals surface area contributed by atoms with Crippen LogP contribution in [0.5, 0.6) is 0 Å². The van der Waals surface area contributed by atoms with Gasteiger partial charge in [0.1, 0.15) is 11.6 Å². The second-order valence-electron chi connectivity index (χ2n) is 15.1. The molecule has 22 nitrogen and oxygen atoms in total. The Kier molecular flexibility index (Phi) is 50.6. The Morgan fingerprint density at radius 2 is 1.23 bits per heavy atom. The fourth-order valence-corrected chi connectivity index (χ4v) is 9.55. The number of hydrogen-bond donors (Lipinski definition) is 2. The van der Waals surface area contributed by atoms with E-state index in [1.54, 1.807) is 26.0 Å². The molecule has 0 amide bonds. The molecule has 2 radical (unpaired) electrons. The molecule has 0 aliphatic carbocycles. The Morgan fingerprint density at radius 3 is 1.71 bits per heavy atom. The van der Waals surface area contributed by atoms with Crippen LogP contribution in [0.3, 0.4) is 0 Å². The standard InChI is InChI=1S/C21H34O8.C8H12O2.C6H8O3.C5H8O2.C2H6O.2CHF3O3S.2CH4.Sn/c1-3-8-17(21(26)29-15-6-5-10-19(24)27-4-2)9-7-16-28-20(25)12-11-18(23)13-14-22;1-2-4-7-5-3-6-10-8(7)9;7-5-1-2-6(8)9-4-3-5;6-5-3-1-2-4-7-5;1-2-3;2*2-1(3,4)8(5,6)7;;;/h3,17,22H,1,4-16H2,2H3;2,7H,1,3-6H2;1-4H2;1-4H2;3H,2H2,1H3;2*(H,5,6,7);2*1H4;/q;;;;;;;;;+2/p-2. The van der Waals surface area contributed by atoms with E-state index in [4.69, 9.17) is 29.2 Å². The van der Waals surface area contributed by atoms with Crippen LogP contribution in [-0.4, -0.2) is 160 Å². The number of aliphatic hydroxyl groups is 2. The minimum atomic E-state index is -6.15. The summed E-state index contributed by atoms with van der Waals surface area (Å²) >= 11 is -3.86. The summed E-state index contributed by atoms with van der Waals surface area (Å²) in [4.78, 5) is 88.4. The van der Waals surface area contributed by atoms with E-state index in [0.29, 0.717) is 77.6 Å². The number of carbonyl (C=O) groups excluding carboxylic acids is 8. The van der Waals surface area contributed by atoms with E-state index in [-0.39, 0.29) is 127 Å². The summed E-state index contributed by atoms with van der Waals surface area (Å²) in [6, 6.07) is 0. The molecule has 0 bridgehead atoms. The Labute approximate surface area is 458 Å². The molecule has 3 rings (SSSR count). The van der Waals surface area contributed by atoms with Gasteiger partial charge < -0.3 is 38.6 Å². The van der Waals surface area contributed by atoms with Crippen molar-refractivity contribution < 1.29 is 125 Å². The number of unbranched alkanes of at least 4 members (excludes halogenated alkanes) is 1. The number of hydrogen-bond acceptors (Lipinski definition) is 22. The quantitative estimate of drug-likeness (QED) is 0.0197. The van der Waals surface area contributed by atoms with Gasteiger partial charge in [0.25, 0.3) is 0 Å². The van der Waals surface area contributed by atoms with Gasteiger partial charge >= 0.3 is 137 Å². The van der Waals surface area contributed by atoms with Crippen molar-refractivity contribution in [2.75, 3.05) is 52.9 Å². The summed E-state index contributed by atoms with van der Waals surface area (Å²) in [5.74, 6) is -1.72. The number of ether oxygens (including phenoxy) is 6. The van der Waals surface area contributed by atoms with E-state index < -0.39 is 59.2 Å². The zero-order chi connectivity index (χ0) is 57.9. The predicted molar refractivity (Wildman–Crippen MR) is 263 cm³/mol. The van der Waals surface area contributed by atoms with Gasteiger partial charge in [0.05, 0.1) is 64.3 Å². The van der Waals surface area contributed by atoms with Crippen LogP contribution in [0.25, 0.3) is 0 Å². The topological polar surface area (TPSA) is 319 Å². The molecular weight excluding hydrogens is 1200 g/mol. The molecule has 0 spiro atoms. The van der Waals surface area contributed by atoms with Gasteiger partial charge in [-0.15, -0.1) is 13.2 Å². The molecule has 2 atom stereocenters. The maximum absolute atomic E-state index is 12.2. The zero-order valence-electron chi connectivity index (χ0n) is 41.8. The van der Waals surface area contributed by atoms with Crippen molar-refractivity contribution in [2.24, 2.45) is 11.8 Å². The monoisotopic (exact) mass is 1280 g/mol. The van der Waals surface area contributed by atoms with Crippen molar-refractivity contribution in [3.63, 3.8) is 0 Å². The Bertz CT molecular complexity index is 1880. The van der Waals surface area contributed by atoms with Crippen LogP contribution < -0.4 is 0 Å². The number of Topliss-reactive ketones (excluding diaryl/α,β-unsaturated/α-hetero) is 2. The van der Waals surface area contributed by atoms with Gasteiger partial charge in [-0.25, -0.2) is 0 Å². The second-order valence-corrected chi connectivity index (χ2v) is 21.5. The van der Waals surface area contributed by atoms with Crippen LogP contribution in [-0.2, 0) is 92.1 Å². The summed E-state index contributed by atoms with van der Waals surface area (Å²) in [5, 5.41) is 16.2. The number of cyclic esters (lactones) is 3. The van der Waals surface area contributed by atoms with E-state index in [9.17, 15) is 81.5 Å². The fourth-order valence-electron chi connectivity index (χ4n) is 5.21. The first-order chi connectivity index (χ1) is 35.1. The first-order valence-corrected chi connectivity index (χ1v) is 28.4. The van der Waals surface area contributed by atoms with Crippen molar-refractivity contribution in [2.45, 2.75) is 155 Å². The minimum absolute atomic E-state index is 0. The van der Waals surface area contributed by atoms with Gasteiger partial charge in [0.15, 0.2) is 0 Å². The van der Waals surface area contributed by atoms with Crippen LogP contribution in [0.4, 0.5) is 26.3 Å². The van der Waals surface area contributed by atoms with Crippen LogP contribution in [0.15, 0.2) is 25.3 Å². The van der Waals surface area contributed by atoms with Crippen LogP contribution in [0.2, 0.25) is 0 Å². The maximum atomic E-state index is 12.2. The van der Waals surface area contributed by atoms with Gasteiger partial charge in [-0.2, -0.15) is 0 Å². The number of rotatable bonds is 24. The van der Waals surface area contributed by atoms with Gasteiger partial charge in [-0.3, -0.25) is 38.4 Å². The number of alkyl halides is 6. The third kappa shape index (κ3) is 45.3. The Hall–Kier alpha value is -4.24. The summed E-state index contributed by atoms with van der Waals surface area (Å²) in [6.07, 6.45) is 12.9. The molecule has 2 N–H and O–H groups in total. The van der Waals surface area contributed by atoms with Gasteiger partial charge in [-0.1, -0.05) is 27.0 Å². The van der Waals surface area contributed by atoms with E-state index in [1.165, 1.54) is 0 Å². The van der Waals surface area contributed by atoms with Gasteiger partial charge in [0, 0.05) is 51.7 Å². The first kappa shape index (κ1) is 81.6. The average Bonchev–Trinajstić information content (AvgIpc) is 3.52. The van der Waals surface area contributed by atoms with E-state index >= 15 is 0 Å². The zero-order valence-corrected chi connectivity index (χ0v) is 46.2. The molecule has 0 aromatic rings. The van der Waals surface area contributed by atoms with Crippen molar-refractivity contribution in [1.82, 2.24) is 0 Å². The fraction of sp³-hybridized carbons (Fsp3) is 0.739. The molecule has 0 aromatic carbocycles. The third-order valence-corrected chi connectivity index (χ3v) is 15.6. The molecule has 2 unspecified atom stereocenters. The Morgan fingerprint density at radius 1 is 0.688 bits per heavy atom. The SMILES string of the molecule is C.C.C=CCC(CCCOC(=O)CCC(=O)CCO)C(=O)OCCCCC(=O)OCC.C=CCC1CCCOC1=O.CCO.O=C1CCCCO1.O=C1CCOC(=O)CC1.O=S(=O)([O][Sn][O]S(=O)(=O)C(F)(F)F)C(F)(F)F. The van der Waals surface area contributed by atoms with Crippen molar-refractivity contribution in [3.8, 4) is 0 Å².